The summed E-state index contributed by atoms with van der Waals surface area (Å²) in [5.74, 6) is -0.529. The molecule has 0 bridgehead atoms. The van der Waals surface area contributed by atoms with Crippen molar-refractivity contribution < 1.29 is 38.1 Å². The van der Waals surface area contributed by atoms with E-state index in [1.54, 1.807) is 0 Å². The second-order valence-electron chi connectivity index (χ2n) is 9.74. The number of halogens is 1. The van der Waals surface area contributed by atoms with Gasteiger partial charge in [0, 0.05) is 24.7 Å². The van der Waals surface area contributed by atoms with Crippen LogP contribution in [-0.4, -0.2) is 64.2 Å². The van der Waals surface area contributed by atoms with Crippen molar-refractivity contribution in [2.75, 3.05) is 18.5 Å². The number of carbonyl (C=O) groups excluding carboxylic acids is 3. The van der Waals surface area contributed by atoms with Crippen LogP contribution in [0.2, 0.25) is 0 Å². The third kappa shape index (κ3) is 10.8. The summed E-state index contributed by atoms with van der Waals surface area (Å²) in [6, 6.07) is 1.27. The number of esters is 1. The average molecular weight is 555 g/mol. The number of rotatable bonds is 14. The van der Waals surface area contributed by atoms with E-state index in [1.165, 1.54) is 12.3 Å². The smallest absolute Gasteiger partial charge is 0.412 e. The fourth-order valence-corrected chi connectivity index (χ4v) is 3.63. The molecule has 1 aromatic heterocycles. The van der Waals surface area contributed by atoms with Crippen LogP contribution >= 0.6 is 0 Å². The maximum atomic E-state index is 14.8. The molecule has 0 radical (unpaired) electrons. The monoisotopic (exact) mass is 554 g/mol. The Morgan fingerprint density at radius 2 is 1.90 bits per heavy atom. The Hall–Kier alpha value is -3.32. The molecule has 0 spiro atoms. The summed E-state index contributed by atoms with van der Waals surface area (Å²) in [5.41, 5.74) is -0.108. The molecule has 2 amide bonds. The Morgan fingerprint density at radius 1 is 1.21 bits per heavy atom. The van der Waals surface area contributed by atoms with E-state index < -0.39 is 42.4 Å². The van der Waals surface area contributed by atoms with Crippen LogP contribution in [0.4, 0.5) is 15.0 Å². The van der Waals surface area contributed by atoms with E-state index in [0.717, 1.165) is 23.1 Å². The zero-order valence-corrected chi connectivity index (χ0v) is 22.9. The van der Waals surface area contributed by atoms with Crippen molar-refractivity contribution >= 4 is 23.8 Å². The van der Waals surface area contributed by atoms with Gasteiger partial charge in [0.15, 0.2) is 12.4 Å². The summed E-state index contributed by atoms with van der Waals surface area (Å²) in [5, 5.41) is 15.3. The van der Waals surface area contributed by atoms with E-state index in [1.807, 2.05) is 33.8 Å². The molecule has 1 aliphatic heterocycles. The highest BCUT2D eigenvalue weighted by Crippen LogP contribution is 2.31. The predicted molar refractivity (Wildman–Crippen MR) is 139 cm³/mol. The average Bonchev–Trinajstić information content (AvgIpc) is 3.16. The van der Waals surface area contributed by atoms with Crippen molar-refractivity contribution in [2.24, 2.45) is 5.92 Å². The van der Waals surface area contributed by atoms with E-state index in [2.05, 4.69) is 15.6 Å². The molecule has 218 valence electrons. The lowest BCUT2D eigenvalue weighted by molar-refractivity contribution is -0.150. The molecular formula is C26H39FN4O8. The maximum Gasteiger partial charge on any atom is 0.412 e. The molecule has 39 heavy (non-hydrogen) atoms. The number of amides is 2. The molecule has 1 fully saturated rings. The first kappa shape index (κ1) is 31.9. The standard InChI is InChI=1S/C26H39FN4O8/c1-5-17(4)28-20(32)10-8-6-7-9-11-21(33)37-15-18-23(34)22(27)24(39-18)31-13-12-19(29-25(31)35)30-26(36)38-14-16(2)3/h5,12-13,16,18,22-24,34H,6-11,14-15H2,1-4H3,(H,28,32)(H,29,30,35,36)/b17-5+/t18-,22?,23-,24-/m1/s1. The molecule has 0 saturated carbocycles. The summed E-state index contributed by atoms with van der Waals surface area (Å²) < 4.78 is 31.2. The normalized spacial score (nSPS) is 21.1. The predicted octanol–water partition coefficient (Wildman–Crippen LogP) is 2.97. The van der Waals surface area contributed by atoms with Gasteiger partial charge in [-0.25, -0.2) is 14.0 Å². The molecule has 2 heterocycles. The topological polar surface area (TPSA) is 158 Å². The highest BCUT2D eigenvalue weighted by Gasteiger charge is 2.46. The van der Waals surface area contributed by atoms with Crippen molar-refractivity contribution in [3.05, 3.63) is 34.5 Å². The second-order valence-corrected chi connectivity index (χ2v) is 9.74. The minimum atomic E-state index is -1.98. The van der Waals surface area contributed by atoms with E-state index in [4.69, 9.17) is 14.2 Å². The molecule has 0 aromatic carbocycles. The SMILES string of the molecule is C/C=C(\C)NC(=O)CCCCCCC(=O)OC[C@H]1O[C@@H](n2ccc(NC(=O)OCC(C)C)nc2=O)C(F)[C@@H]1O. The molecule has 12 nitrogen and oxygen atoms in total. The molecule has 2 rings (SSSR count). The Bertz CT molecular complexity index is 1060. The lowest BCUT2D eigenvalue weighted by atomic mass is 10.1. The first-order chi connectivity index (χ1) is 18.5. The molecule has 0 aliphatic carbocycles. The number of ether oxygens (including phenoxy) is 3. The summed E-state index contributed by atoms with van der Waals surface area (Å²) in [6.45, 7) is 7.19. The van der Waals surface area contributed by atoms with Crippen LogP contribution < -0.4 is 16.3 Å². The van der Waals surface area contributed by atoms with Gasteiger partial charge in [-0.2, -0.15) is 4.98 Å². The number of aliphatic hydroxyl groups excluding tert-OH is 1. The van der Waals surface area contributed by atoms with Gasteiger partial charge in [-0.1, -0.05) is 32.8 Å². The fraction of sp³-hybridized carbons (Fsp3) is 0.654. The van der Waals surface area contributed by atoms with Crippen LogP contribution in [0.3, 0.4) is 0 Å². The zero-order valence-electron chi connectivity index (χ0n) is 22.9. The number of unbranched alkanes of at least 4 members (excludes halogenated alkanes) is 3. The Balaban J connectivity index is 1.75. The lowest BCUT2D eigenvalue weighted by Gasteiger charge is -2.16. The summed E-state index contributed by atoms with van der Waals surface area (Å²) in [4.78, 5) is 51.6. The van der Waals surface area contributed by atoms with Gasteiger partial charge in [-0.05, 0) is 38.7 Å². The largest absolute Gasteiger partial charge is 0.463 e. The minimum absolute atomic E-state index is 0.0444. The number of anilines is 1. The Morgan fingerprint density at radius 3 is 2.54 bits per heavy atom. The van der Waals surface area contributed by atoms with Crippen LogP contribution in [0, 0.1) is 5.92 Å². The van der Waals surface area contributed by atoms with Crippen LogP contribution in [-0.2, 0) is 23.8 Å². The molecule has 3 N–H and O–H groups in total. The van der Waals surface area contributed by atoms with E-state index >= 15 is 0 Å². The molecule has 1 saturated heterocycles. The van der Waals surface area contributed by atoms with Crippen molar-refractivity contribution in [1.82, 2.24) is 14.9 Å². The second kappa shape index (κ2) is 15.9. The number of nitrogens with zero attached hydrogens (tertiary/aromatic N) is 2. The third-order valence-corrected chi connectivity index (χ3v) is 5.89. The maximum absolute atomic E-state index is 14.8. The number of hydrogen-bond donors (Lipinski definition) is 3. The highest BCUT2D eigenvalue weighted by molar-refractivity contribution is 5.83. The number of hydrogen-bond acceptors (Lipinski definition) is 9. The number of aliphatic hydroxyl groups is 1. The van der Waals surface area contributed by atoms with Crippen molar-refractivity contribution in [2.45, 2.75) is 90.8 Å². The van der Waals surface area contributed by atoms with E-state index in [0.29, 0.717) is 19.3 Å². The van der Waals surface area contributed by atoms with Gasteiger partial charge in [0.25, 0.3) is 0 Å². The number of allylic oxidation sites excluding steroid dienone is 2. The van der Waals surface area contributed by atoms with Crippen LogP contribution in [0.5, 0.6) is 0 Å². The van der Waals surface area contributed by atoms with Gasteiger partial charge in [-0.3, -0.25) is 19.5 Å². The Kier molecular flexibility index (Phi) is 13.0. The molecule has 1 unspecified atom stereocenters. The van der Waals surface area contributed by atoms with Gasteiger partial charge >= 0.3 is 17.8 Å². The van der Waals surface area contributed by atoms with Crippen molar-refractivity contribution in [3.63, 3.8) is 0 Å². The van der Waals surface area contributed by atoms with Gasteiger partial charge in [0.05, 0.1) is 6.61 Å². The Labute approximate surface area is 226 Å². The van der Waals surface area contributed by atoms with Gasteiger partial charge in [0.2, 0.25) is 5.91 Å². The number of alkyl halides is 1. The van der Waals surface area contributed by atoms with Crippen LogP contribution in [0.15, 0.2) is 28.8 Å². The fourth-order valence-electron chi connectivity index (χ4n) is 3.63. The molecule has 1 aromatic rings. The zero-order chi connectivity index (χ0) is 28.9. The number of aromatic nitrogens is 2. The third-order valence-electron chi connectivity index (χ3n) is 5.89. The summed E-state index contributed by atoms with van der Waals surface area (Å²) in [6.07, 6.45) is -0.750. The number of carbonyl (C=O) groups is 3. The van der Waals surface area contributed by atoms with Crippen molar-refractivity contribution in [3.8, 4) is 0 Å². The summed E-state index contributed by atoms with van der Waals surface area (Å²) in [7, 11) is 0. The number of nitrogens with one attached hydrogen (secondary N) is 2. The molecule has 1 aliphatic rings. The van der Waals surface area contributed by atoms with E-state index in [-0.39, 0.29) is 37.3 Å². The molecule has 13 heteroatoms. The van der Waals surface area contributed by atoms with Crippen molar-refractivity contribution in [1.29, 1.82) is 0 Å². The first-order valence-corrected chi connectivity index (χ1v) is 13.1. The lowest BCUT2D eigenvalue weighted by Crippen LogP contribution is -2.34. The van der Waals surface area contributed by atoms with Crippen LogP contribution in [0.1, 0.15) is 72.4 Å². The van der Waals surface area contributed by atoms with E-state index in [9.17, 15) is 28.7 Å². The van der Waals surface area contributed by atoms with Crippen LogP contribution in [0.25, 0.3) is 0 Å². The van der Waals surface area contributed by atoms with Gasteiger partial charge in [-0.15, -0.1) is 0 Å². The van der Waals surface area contributed by atoms with Gasteiger partial charge in [0.1, 0.15) is 24.6 Å². The quantitative estimate of drug-likeness (QED) is 0.232. The first-order valence-electron chi connectivity index (χ1n) is 13.1. The molecule has 4 atom stereocenters. The minimum Gasteiger partial charge on any atom is -0.463 e. The summed E-state index contributed by atoms with van der Waals surface area (Å²) >= 11 is 0. The molecular weight excluding hydrogens is 515 g/mol. The highest BCUT2D eigenvalue weighted by atomic mass is 19.1. The van der Waals surface area contributed by atoms with Gasteiger partial charge < -0.3 is 24.6 Å².